The van der Waals surface area contributed by atoms with Gasteiger partial charge in [-0.2, -0.15) is 0 Å². The van der Waals surface area contributed by atoms with E-state index in [2.05, 4.69) is 23.8 Å². The lowest BCUT2D eigenvalue weighted by Crippen LogP contribution is -2.14. The molecule has 1 N–H and O–H groups in total. The van der Waals surface area contributed by atoms with Gasteiger partial charge in [0.1, 0.15) is 5.82 Å². The van der Waals surface area contributed by atoms with Crippen molar-refractivity contribution in [3.05, 3.63) is 27.9 Å². The van der Waals surface area contributed by atoms with Crippen LogP contribution in [0, 0.1) is 5.92 Å². The number of rotatable bonds is 3. The summed E-state index contributed by atoms with van der Waals surface area (Å²) >= 11 is 5.85. The van der Waals surface area contributed by atoms with Gasteiger partial charge in [0.15, 0.2) is 0 Å². The number of H-pyrrole nitrogens is 1. The van der Waals surface area contributed by atoms with E-state index in [-0.39, 0.29) is 10.9 Å². The normalized spacial score (nSPS) is 13.2. The average molecular weight is 215 g/mol. The Labute approximate surface area is 88.5 Å². The van der Waals surface area contributed by atoms with Crippen LogP contribution in [0.4, 0.5) is 0 Å². The second-order valence-corrected chi connectivity index (χ2v) is 4.49. The van der Waals surface area contributed by atoms with Crippen molar-refractivity contribution >= 4 is 11.6 Å². The molecule has 1 aromatic heterocycles. The highest BCUT2D eigenvalue weighted by molar-refractivity contribution is 6.20. The van der Waals surface area contributed by atoms with Gasteiger partial charge in [-0.1, -0.05) is 13.8 Å². The van der Waals surface area contributed by atoms with Gasteiger partial charge in [0.2, 0.25) is 0 Å². The molecule has 0 aromatic carbocycles. The second kappa shape index (κ2) is 4.60. The van der Waals surface area contributed by atoms with E-state index in [1.54, 1.807) is 6.92 Å². The fourth-order valence-corrected chi connectivity index (χ4v) is 1.34. The third-order valence-corrected chi connectivity index (χ3v) is 2.01. The van der Waals surface area contributed by atoms with E-state index in [9.17, 15) is 4.79 Å². The number of hydrogen-bond acceptors (Lipinski definition) is 2. The quantitative estimate of drug-likeness (QED) is 0.785. The number of nitrogens with one attached hydrogen (secondary N) is 1. The highest BCUT2D eigenvalue weighted by Gasteiger charge is 2.07. The first-order valence-corrected chi connectivity index (χ1v) is 5.17. The molecule has 0 aliphatic rings. The SMILES string of the molecule is CC(C)Cc1cc(=O)[nH]c(C(C)Cl)n1. The largest absolute Gasteiger partial charge is 0.309 e. The van der Waals surface area contributed by atoms with Crippen LogP contribution in [-0.4, -0.2) is 9.97 Å². The summed E-state index contributed by atoms with van der Waals surface area (Å²) < 4.78 is 0. The van der Waals surface area contributed by atoms with Gasteiger partial charge in [-0.05, 0) is 19.3 Å². The number of aromatic nitrogens is 2. The minimum absolute atomic E-state index is 0.127. The Morgan fingerprint density at radius 1 is 1.50 bits per heavy atom. The van der Waals surface area contributed by atoms with Crippen LogP contribution in [0.5, 0.6) is 0 Å². The lowest BCUT2D eigenvalue weighted by molar-refractivity contribution is 0.628. The lowest BCUT2D eigenvalue weighted by Gasteiger charge is -2.07. The van der Waals surface area contributed by atoms with Crippen molar-refractivity contribution in [3.8, 4) is 0 Å². The summed E-state index contributed by atoms with van der Waals surface area (Å²) in [5.41, 5.74) is 0.685. The van der Waals surface area contributed by atoms with Crippen molar-refractivity contribution in [2.24, 2.45) is 5.92 Å². The molecule has 3 nitrogen and oxygen atoms in total. The van der Waals surface area contributed by atoms with Crippen molar-refractivity contribution in [1.29, 1.82) is 0 Å². The van der Waals surface area contributed by atoms with Crippen molar-refractivity contribution in [2.45, 2.75) is 32.6 Å². The highest BCUT2D eigenvalue weighted by atomic mass is 35.5. The van der Waals surface area contributed by atoms with Gasteiger partial charge >= 0.3 is 0 Å². The van der Waals surface area contributed by atoms with Crippen LogP contribution in [0.1, 0.15) is 37.7 Å². The molecule has 0 spiro atoms. The molecular weight excluding hydrogens is 200 g/mol. The summed E-state index contributed by atoms with van der Waals surface area (Å²) in [5.74, 6) is 1.04. The molecule has 0 bridgehead atoms. The maximum Gasteiger partial charge on any atom is 0.251 e. The fraction of sp³-hybridized carbons (Fsp3) is 0.600. The molecule has 0 radical (unpaired) electrons. The Morgan fingerprint density at radius 2 is 2.14 bits per heavy atom. The van der Waals surface area contributed by atoms with Crippen LogP contribution in [0.15, 0.2) is 10.9 Å². The molecule has 0 aliphatic carbocycles. The summed E-state index contributed by atoms with van der Waals surface area (Å²) in [6, 6.07) is 1.53. The molecule has 0 saturated carbocycles. The highest BCUT2D eigenvalue weighted by Crippen LogP contribution is 2.14. The van der Waals surface area contributed by atoms with E-state index >= 15 is 0 Å². The Morgan fingerprint density at radius 3 is 2.64 bits per heavy atom. The van der Waals surface area contributed by atoms with E-state index in [0.29, 0.717) is 11.7 Å². The third-order valence-electron chi connectivity index (χ3n) is 1.81. The van der Waals surface area contributed by atoms with Gasteiger partial charge in [-0.15, -0.1) is 11.6 Å². The van der Waals surface area contributed by atoms with Gasteiger partial charge in [0.05, 0.1) is 5.38 Å². The predicted octanol–water partition coefficient (Wildman–Crippen LogP) is 2.27. The van der Waals surface area contributed by atoms with Crippen LogP contribution < -0.4 is 5.56 Å². The predicted molar refractivity (Wildman–Crippen MR) is 57.7 cm³/mol. The summed E-state index contributed by atoms with van der Waals surface area (Å²) in [4.78, 5) is 18.2. The molecule has 1 heterocycles. The molecule has 1 rings (SSSR count). The second-order valence-electron chi connectivity index (χ2n) is 3.84. The van der Waals surface area contributed by atoms with Crippen LogP contribution in [0.2, 0.25) is 0 Å². The summed E-state index contributed by atoms with van der Waals surface area (Å²) in [7, 11) is 0. The molecule has 0 saturated heterocycles. The van der Waals surface area contributed by atoms with Crippen molar-refractivity contribution in [1.82, 2.24) is 9.97 Å². The number of alkyl halides is 1. The topological polar surface area (TPSA) is 45.8 Å². The molecule has 1 aromatic rings. The van der Waals surface area contributed by atoms with Crippen molar-refractivity contribution in [2.75, 3.05) is 0 Å². The summed E-state index contributed by atoms with van der Waals surface area (Å²) in [5, 5.41) is -0.255. The summed E-state index contributed by atoms with van der Waals surface area (Å²) in [6.07, 6.45) is 0.806. The minimum Gasteiger partial charge on any atom is -0.309 e. The lowest BCUT2D eigenvalue weighted by atomic mass is 10.1. The van der Waals surface area contributed by atoms with Gasteiger partial charge in [-0.3, -0.25) is 4.79 Å². The maximum atomic E-state index is 11.2. The van der Waals surface area contributed by atoms with Crippen molar-refractivity contribution in [3.63, 3.8) is 0 Å². The Hall–Kier alpha value is -0.830. The first-order chi connectivity index (χ1) is 6.49. The zero-order valence-electron chi connectivity index (χ0n) is 8.67. The molecule has 0 aliphatic heterocycles. The zero-order valence-corrected chi connectivity index (χ0v) is 9.43. The molecular formula is C10H15ClN2O. The van der Waals surface area contributed by atoms with Crippen LogP contribution in [-0.2, 0) is 6.42 Å². The molecule has 78 valence electrons. The van der Waals surface area contributed by atoms with Crippen LogP contribution in [0.25, 0.3) is 0 Å². The van der Waals surface area contributed by atoms with Gasteiger partial charge < -0.3 is 4.98 Å². The maximum absolute atomic E-state index is 11.2. The van der Waals surface area contributed by atoms with Gasteiger partial charge in [-0.25, -0.2) is 4.98 Å². The molecule has 0 amide bonds. The Kier molecular flexibility index (Phi) is 3.69. The smallest absolute Gasteiger partial charge is 0.251 e. The van der Waals surface area contributed by atoms with E-state index in [1.165, 1.54) is 6.07 Å². The number of hydrogen-bond donors (Lipinski definition) is 1. The first kappa shape index (κ1) is 11.2. The first-order valence-electron chi connectivity index (χ1n) is 4.73. The van der Waals surface area contributed by atoms with E-state index in [4.69, 9.17) is 11.6 Å². The molecule has 1 atom stereocenters. The number of nitrogens with zero attached hydrogens (tertiary/aromatic N) is 1. The Bertz CT molecular complexity index is 357. The van der Waals surface area contributed by atoms with Gasteiger partial charge in [0.25, 0.3) is 5.56 Å². The van der Waals surface area contributed by atoms with Gasteiger partial charge in [0, 0.05) is 11.8 Å². The molecule has 4 heteroatoms. The summed E-state index contributed by atoms with van der Waals surface area (Å²) in [6.45, 7) is 5.97. The zero-order chi connectivity index (χ0) is 10.7. The molecule has 1 unspecified atom stereocenters. The van der Waals surface area contributed by atoms with E-state index in [0.717, 1.165) is 12.1 Å². The molecule has 0 fully saturated rings. The van der Waals surface area contributed by atoms with E-state index in [1.807, 2.05) is 0 Å². The number of aromatic amines is 1. The average Bonchev–Trinajstić information content (AvgIpc) is 2.01. The number of halogens is 1. The minimum atomic E-state index is -0.255. The Balaban J connectivity index is 3.01. The molecule has 14 heavy (non-hydrogen) atoms. The standard InChI is InChI=1S/C10H15ClN2O/c1-6(2)4-8-5-9(14)13-10(12-8)7(3)11/h5-7H,4H2,1-3H3,(H,12,13,14). The van der Waals surface area contributed by atoms with Crippen molar-refractivity contribution < 1.29 is 0 Å². The van der Waals surface area contributed by atoms with Crippen LogP contribution in [0.3, 0.4) is 0 Å². The van der Waals surface area contributed by atoms with E-state index < -0.39 is 0 Å². The fourth-order valence-electron chi connectivity index (χ4n) is 1.24. The third kappa shape index (κ3) is 3.14. The monoisotopic (exact) mass is 214 g/mol. The van der Waals surface area contributed by atoms with Crippen LogP contribution >= 0.6 is 11.6 Å².